The molecule has 10 heterocycles. The molecule has 1 spiro atoms. The summed E-state index contributed by atoms with van der Waals surface area (Å²) in [5.74, 6) is -0.367. The number of aliphatic hydroxyl groups is 2. The fourth-order valence-electron chi connectivity index (χ4n) is 11.3. The van der Waals surface area contributed by atoms with E-state index in [0.717, 1.165) is 56.1 Å². The van der Waals surface area contributed by atoms with Gasteiger partial charge in [0.25, 0.3) is 0 Å². The predicted molar refractivity (Wildman–Crippen MR) is 183 cm³/mol. The third-order valence-electron chi connectivity index (χ3n) is 14.1. The zero-order valence-corrected chi connectivity index (χ0v) is 30.3. The van der Waals surface area contributed by atoms with E-state index in [1.165, 1.54) is 0 Å². The Labute approximate surface area is 301 Å². The highest BCUT2D eigenvalue weighted by Crippen LogP contribution is 2.54. The van der Waals surface area contributed by atoms with E-state index in [2.05, 4.69) is 27.0 Å². The molecule has 10 rings (SSSR count). The summed E-state index contributed by atoms with van der Waals surface area (Å²) < 4.78 is 53.9. The van der Waals surface area contributed by atoms with E-state index < -0.39 is 11.9 Å². The van der Waals surface area contributed by atoms with Crippen molar-refractivity contribution in [3.63, 3.8) is 0 Å². The first-order valence-electron chi connectivity index (χ1n) is 20.0. The van der Waals surface area contributed by atoms with Crippen molar-refractivity contribution < 1.29 is 52.9 Å². The minimum Gasteiger partial charge on any atom is -0.394 e. The van der Waals surface area contributed by atoms with Crippen LogP contribution in [0.25, 0.3) is 0 Å². The number of rotatable bonds is 3. The van der Waals surface area contributed by atoms with Crippen molar-refractivity contribution in [2.45, 2.75) is 195 Å². The van der Waals surface area contributed by atoms with Crippen LogP contribution in [0.2, 0.25) is 0 Å². The minimum absolute atomic E-state index is 0.00894. The Hall–Kier alpha value is -1.25. The van der Waals surface area contributed by atoms with Gasteiger partial charge in [0.1, 0.15) is 36.3 Å². The molecule has 10 saturated heterocycles. The predicted octanol–water partition coefficient (Wildman–Crippen LogP) is 4.09. The van der Waals surface area contributed by atoms with Crippen molar-refractivity contribution in [1.82, 2.24) is 0 Å². The van der Waals surface area contributed by atoms with Gasteiger partial charge < -0.3 is 48.1 Å². The number of hydrogen-bond donors (Lipinski definition) is 2. The quantitative estimate of drug-likeness (QED) is 0.410. The molecule has 0 saturated carbocycles. The van der Waals surface area contributed by atoms with Crippen LogP contribution in [0, 0.1) is 17.8 Å². The Morgan fingerprint density at radius 2 is 1.49 bits per heavy atom. The second-order valence-corrected chi connectivity index (χ2v) is 17.5. The first-order chi connectivity index (χ1) is 24.6. The van der Waals surface area contributed by atoms with Crippen LogP contribution in [0.5, 0.6) is 0 Å². The molecule has 10 fully saturated rings. The second-order valence-electron chi connectivity index (χ2n) is 17.5. The molecule has 0 aliphatic carbocycles. The van der Waals surface area contributed by atoms with E-state index in [1.807, 2.05) is 0 Å². The topological polar surface area (TPSA) is 131 Å². The van der Waals surface area contributed by atoms with Gasteiger partial charge >= 0.3 is 0 Å². The average molecular weight is 715 g/mol. The lowest BCUT2D eigenvalue weighted by atomic mass is 9.79. The minimum atomic E-state index is -0.872. The highest BCUT2D eigenvalue weighted by atomic mass is 16.8. The molecule has 4 unspecified atom stereocenters. The molecule has 11 heteroatoms. The molecule has 2 N–H and O–H groups in total. The number of fused-ring (bicyclic) bond motifs is 6. The van der Waals surface area contributed by atoms with Crippen LogP contribution < -0.4 is 0 Å². The fraction of sp³-hybridized carbons (Fsp3) is 0.875. The van der Waals surface area contributed by atoms with Crippen molar-refractivity contribution in [1.29, 1.82) is 0 Å². The standard InChI is InChI=1S/C40H58O11/c1-19-11-25-5-7-29-20(2)12-27(44-29)9-10-40-17-34-36(50-40)37-38(49-34)39(51-40)35-30(48-37)8-6-26(46-35)13-23(42)14-28-22(4)31(15-24(43)18-41)47-33(28)16-32(45-25)21(19)3/h19,22,24-39,41,43H,2-3,5-18H2,1,4H3/t19-,22-,24+,25+,26-,27?,28-,29?,30+,31-,32?,33+,34-,35+,36?,37+,38-,39+,40+/m1/s1. The Balaban J connectivity index is 0.986. The highest BCUT2D eigenvalue weighted by Gasteiger charge is 2.68. The van der Waals surface area contributed by atoms with E-state index in [1.54, 1.807) is 0 Å². The molecule has 0 aromatic carbocycles. The van der Waals surface area contributed by atoms with E-state index >= 15 is 0 Å². The van der Waals surface area contributed by atoms with Gasteiger partial charge in [-0.15, -0.1) is 0 Å². The van der Waals surface area contributed by atoms with Gasteiger partial charge in [0.2, 0.25) is 0 Å². The second kappa shape index (κ2) is 13.8. The number of aliphatic hydroxyl groups excluding tert-OH is 2. The lowest BCUT2D eigenvalue weighted by molar-refractivity contribution is -0.292. The smallest absolute Gasteiger partial charge is 0.172 e. The van der Waals surface area contributed by atoms with Crippen LogP contribution in [0.15, 0.2) is 24.3 Å². The van der Waals surface area contributed by atoms with Crippen molar-refractivity contribution in [3.05, 3.63) is 24.3 Å². The molecule has 284 valence electrons. The maximum atomic E-state index is 14.0. The van der Waals surface area contributed by atoms with Crippen molar-refractivity contribution >= 4 is 5.78 Å². The lowest BCUT2D eigenvalue weighted by Gasteiger charge is -2.47. The van der Waals surface area contributed by atoms with Gasteiger partial charge in [0, 0.05) is 38.5 Å². The van der Waals surface area contributed by atoms with E-state index in [9.17, 15) is 15.0 Å². The van der Waals surface area contributed by atoms with Crippen molar-refractivity contribution in [3.8, 4) is 0 Å². The van der Waals surface area contributed by atoms with Gasteiger partial charge in [-0.1, -0.05) is 27.0 Å². The number of carbonyl (C=O) groups excluding carboxylic acids is 1. The zero-order valence-electron chi connectivity index (χ0n) is 30.3. The summed E-state index contributed by atoms with van der Waals surface area (Å²) in [6, 6.07) is 0. The molecule has 0 radical (unpaired) electrons. The average Bonchev–Trinajstić information content (AvgIpc) is 3.77. The monoisotopic (exact) mass is 714 g/mol. The Bertz CT molecular complexity index is 1360. The van der Waals surface area contributed by atoms with Crippen molar-refractivity contribution in [2.24, 2.45) is 17.8 Å². The first kappa shape index (κ1) is 35.5. The maximum absolute atomic E-state index is 14.0. The third kappa shape index (κ3) is 6.53. The Kier molecular flexibility index (Phi) is 9.59. The molecular weight excluding hydrogens is 656 g/mol. The van der Waals surface area contributed by atoms with E-state index in [4.69, 9.17) is 37.9 Å². The molecule has 0 aromatic heterocycles. The van der Waals surface area contributed by atoms with E-state index in [0.29, 0.717) is 44.4 Å². The lowest BCUT2D eigenvalue weighted by Crippen LogP contribution is -2.61. The zero-order chi connectivity index (χ0) is 35.2. The maximum Gasteiger partial charge on any atom is 0.172 e. The van der Waals surface area contributed by atoms with Crippen LogP contribution in [0.4, 0.5) is 0 Å². The van der Waals surface area contributed by atoms with Gasteiger partial charge in [-0.05, 0) is 73.8 Å². The Morgan fingerprint density at radius 3 is 2.33 bits per heavy atom. The van der Waals surface area contributed by atoms with Crippen LogP contribution in [0.1, 0.15) is 97.3 Å². The molecule has 11 nitrogen and oxygen atoms in total. The van der Waals surface area contributed by atoms with Crippen LogP contribution >= 0.6 is 0 Å². The number of ether oxygens (including phenoxy) is 8. The highest BCUT2D eigenvalue weighted by molar-refractivity contribution is 5.79. The molecule has 51 heavy (non-hydrogen) atoms. The van der Waals surface area contributed by atoms with Gasteiger partial charge in [0.15, 0.2) is 5.79 Å². The van der Waals surface area contributed by atoms with Crippen LogP contribution in [-0.4, -0.2) is 120 Å². The van der Waals surface area contributed by atoms with Crippen LogP contribution in [-0.2, 0) is 42.7 Å². The number of ketones is 1. The van der Waals surface area contributed by atoms with Gasteiger partial charge in [-0.3, -0.25) is 4.79 Å². The Morgan fingerprint density at radius 1 is 0.745 bits per heavy atom. The van der Waals surface area contributed by atoms with Crippen LogP contribution in [0.3, 0.4) is 0 Å². The molecule has 19 atom stereocenters. The molecule has 10 aliphatic heterocycles. The first-order valence-corrected chi connectivity index (χ1v) is 20.0. The third-order valence-corrected chi connectivity index (χ3v) is 14.1. The molecule has 0 aromatic rings. The molecule has 0 amide bonds. The van der Waals surface area contributed by atoms with Gasteiger partial charge in [-0.25, -0.2) is 0 Å². The van der Waals surface area contributed by atoms with Gasteiger partial charge in [0.05, 0.1) is 67.6 Å². The molecule has 12 bridgehead atoms. The van der Waals surface area contributed by atoms with Gasteiger partial charge in [-0.2, -0.15) is 0 Å². The summed E-state index contributed by atoms with van der Waals surface area (Å²) in [6.45, 7) is 12.9. The number of hydrogen-bond acceptors (Lipinski definition) is 11. The molecular formula is C40H58O11. The summed E-state index contributed by atoms with van der Waals surface area (Å²) in [5.41, 5.74) is 2.22. The SMILES string of the molecule is C=C1CC2CC[C@@]34C[C@H]5O[C@H]6[C@@H](O3)[C@H]3O[C@H](CC[C@@H]3O[C@H]6C5O4)CC(=O)C[C@@H]3[C@@H](C)[C@@H](C[C@H](O)CO)O[C@H]3CC3O[C@@H](CCC1O2)C[C@@H](C)C3=C. The van der Waals surface area contributed by atoms with Crippen molar-refractivity contribution in [2.75, 3.05) is 6.61 Å². The summed E-state index contributed by atoms with van der Waals surface area (Å²) >= 11 is 0. The summed E-state index contributed by atoms with van der Waals surface area (Å²) in [5, 5.41) is 20.0. The fourth-order valence-corrected chi connectivity index (χ4v) is 11.3. The van der Waals surface area contributed by atoms with E-state index in [-0.39, 0.29) is 110 Å². The molecule has 10 aliphatic rings. The number of carbonyl (C=O) groups is 1. The summed E-state index contributed by atoms with van der Waals surface area (Å²) in [6.07, 6.45) is 5.65. The largest absolute Gasteiger partial charge is 0.394 e. The number of Topliss-reactive ketones (excluding diaryl/α,β-unsaturated/α-hetero) is 1. The summed E-state index contributed by atoms with van der Waals surface area (Å²) in [4.78, 5) is 14.0. The normalized spacial score (nSPS) is 53.2. The summed E-state index contributed by atoms with van der Waals surface area (Å²) in [7, 11) is 0.